The van der Waals surface area contributed by atoms with Crippen molar-refractivity contribution in [1.29, 1.82) is 0 Å². The Morgan fingerprint density at radius 3 is 1.75 bits per heavy atom. The van der Waals surface area contributed by atoms with E-state index in [-0.39, 0.29) is 5.54 Å². The third-order valence-corrected chi connectivity index (χ3v) is 3.85. The molecule has 2 aromatic rings. The molecule has 2 aromatic carbocycles. The monoisotopic (exact) mass is 268 g/mol. The number of rotatable bonds is 6. The molecule has 2 rings (SSSR count). The Kier molecular flexibility index (Phi) is 4.80. The summed E-state index contributed by atoms with van der Waals surface area (Å²) in [5, 5.41) is 0. The zero-order chi connectivity index (χ0) is 14.4. The standard InChI is InChI=1S/C18H24N2/c1-3-18(2,19)14-15-20(16-10-6-4-7-11-16)17-12-8-5-9-13-17/h4-13H,3,14-15,19H2,1-2H3. The molecule has 0 aliphatic rings. The van der Waals surface area contributed by atoms with Crippen LogP contribution < -0.4 is 10.6 Å². The molecule has 0 saturated carbocycles. The predicted molar refractivity (Wildman–Crippen MR) is 87.4 cm³/mol. The third-order valence-electron chi connectivity index (χ3n) is 3.85. The maximum absolute atomic E-state index is 6.29. The van der Waals surface area contributed by atoms with Gasteiger partial charge in [-0.3, -0.25) is 0 Å². The summed E-state index contributed by atoms with van der Waals surface area (Å²) in [4.78, 5) is 2.33. The SMILES string of the molecule is CCC(C)(N)CCN(c1ccccc1)c1ccccc1. The number of nitrogens with two attached hydrogens (primary N) is 1. The van der Waals surface area contributed by atoms with E-state index in [1.807, 2.05) is 12.1 Å². The molecule has 0 saturated heterocycles. The van der Waals surface area contributed by atoms with E-state index in [1.54, 1.807) is 0 Å². The Morgan fingerprint density at radius 1 is 0.900 bits per heavy atom. The summed E-state index contributed by atoms with van der Waals surface area (Å²) in [6.45, 7) is 5.20. The largest absolute Gasteiger partial charge is 0.341 e. The Morgan fingerprint density at radius 2 is 1.35 bits per heavy atom. The fourth-order valence-electron chi connectivity index (χ4n) is 2.17. The van der Waals surface area contributed by atoms with Crippen LogP contribution in [0.1, 0.15) is 26.7 Å². The second-order valence-electron chi connectivity index (χ2n) is 5.58. The first-order valence-corrected chi connectivity index (χ1v) is 7.29. The number of hydrogen-bond donors (Lipinski definition) is 1. The Hall–Kier alpha value is -1.80. The Labute approximate surface area is 122 Å². The van der Waals surface area contributed by atoms with Crippen molar-refractivity contribution in [3.63, 3.8) is 0 Å². The predicted octanol–water partition coefficient (Wildman–Crippen LogP) is 4.34. The molecule has 0 fully saturated rings. The lowest BCUT2D eigenvalue weighted by molar-refractivity contribution is 0.423. The van der Waals surface area contributed by atoms with Crippen LogP contribution in [0, 0.1) is 0 Å². The molecule has 0 radical (unpaired) electrons. The van der Waals surface area contributed by atoms with E-state index in [0.717, 1.165) is 19.4 Å². The van der Waals surface area contributed by atoms with Gasteiger partial charge in [0.2, 0.25) is 0 Å². The van der Waals surface area contributed by atoms with E-state index >= 15 is 0 Å². The maximum Gasteiger partial charge on any atom is 0.0410 e. The van der Waals surface area contributed by atoms with E-state index in [0.29, 0.717) is 0 Å². The first-order valence-electron chi connectivity index (χ1n) is 7.29. The van der Waals surface area contributed by atoms with Gasteiger partial charge in [-0.15, -0.1) is 0 Å². The molecular formula is C18H24N2. The molecule has 1 unspecified atom stereocenters. The quantitative estimate of drug-likeness (QED) is 0.844. The molecule has 0 aliphatic carbocycles. The van der Waals surface area contributed by atoms with Crippen molar-refractivity contribution >= 4 is 11.4 Å². The summed E-state index contributed by atoms with van der Waals surface area (Å²) >= 11 is 0. The molecule has 0 aliphatic heterocycles. The number of nitrogens with zero attached hydrogens (tertiary/aromatic N) is 1. The summed E-state index contributed by atoms with van der Waals surface area (Å²) in [5.41, 5.74) is 8.61. The number of para-hydroxylation sites is 2. The van der Waals surface area contributed by atoms with Crippen LogP contribution in [0.2, 0.25) is 0 Å². The first kappa shape index (κ1) is 14.6. The molecule has 0 spiro atoms. The topological polar surface area (TPSA) is 29.3 Å². The van der Waals surface area contributed by atoms with Gasteiger partial charge in [0.1, 0.15) is 0 Å². The van der Waals surface area contributed by atoms with E-state index < -0.39 is 0 Å². The van der Waals surface area contributed by atoms with E-state index in [4.69, 9.17) is 5.73 Å². The van der Waals surface area contributed by atoms with Crippen molar-refractivity contribution in [2.24, 2.45) is 5.73 Å². The van der Waals surface area contributed by atoms with Crippen LogP contribution in [0.25, 0.3) is 0 Å². The van der Waals surface area contributed by atoms with Gasteiger partial charge in [0.05, 0.1) is 0 Å². The minimum Gasteiger partial charge on any atom is -0.341 e. The van der Waals surface area contributed by atoms with Gasteiger partial charge in [0.25, 0.3) is 0 Å². The van der Waals surface area contributed by atoms with Crippen LogP contribution in [-0.2, 0) is 0 Å². The summed E-state index contributed by atoms with van der Waals surface area (Å²) in [5.74, 6) is 0. The minimum atomic E-state index is -0.109. The highest BCUT2D eigenvalue weighted by Crippen LogP contribution is 2.26. The van der Waals surface area contributed by atoms with Crippen LogP contribution in [-0.4, -0.2) is 12.1 Å². The lowest BCUT2D eigenvalue weighted by atomic mass is 9.95. The van der Waals surface area contributed by atoms with Crippen LogP contribution in [0.5, 0.6) is 0 Å². The van der Waals surface area contributed by atoms with Gasteiger partial charge in [-0.05, 0) is 44.0 Å². The van der Waals surface area contributed by atoms with Crippen LogP contribution >= 0.6 is 0 Å². The van der Waals surface area contributed by atoms with Crippen molar-refractivity contribution in [3.8, 4) is 0 Å². The summed E-state index contributed by atoms with van der Waals surface area (Å²) in [6.07, 6.45) is 1.96. The van der Waals surface area contributed by atoms with E-state index in [9.17, 15) is 0 Å². The lowest BCUT2D eigenvalue weighted by Gasteiger charge is -2.30. The summed E-state index contributed by atoms with van der Waals surface area (Å²) in [6, 6.07) is 21.0. The van der Waals surface area contributed by atoms with Crippen molar-refractivity contribution in [3.05, 3.63) is 60.7 Å². The number of anilines is 2. The van der Waals surface area contributed by atoms with Gasteiger partial charge in [-0.25, -0.2) is 0 Å². The van der Waals surface area contributed by atoms with Gasteiger partial charge in [-0.2, -0.15) is 0 Å². The van der Waals surface area contributed by atoms with E-state index in [2.05, 4.69) is 67.3 Å². The lowest BCUT2D eigenvalue weighted by Crippen LogP contribution is -2.38. The van der Waals surface area contributed by atoms with Crippen molar-refractivity contribution in [2.45, 2.75) is 32.2 Å². The molecule has 20 heavy (non-hydrogen) atoms. The first-order chi connectivity index (χ1) is 9.62. The molecular weight excluding hydrogens is 244 g/mol. The number of hydrogen-bond acceptors (Lipinski definition) is 2. The Bertz CT molecular complexity index is 466. The fourth-order valence-corrected chi connectivity index (χ4v) is 2.17. The van der Waals surface area contributed by atoms with Crippen molar-refractivity contribution < 1.29 is 0 Å². The molecule has 0 aromatic heterocycles. The van der Waals surface area contributed by atoms with Gasteiger partial charge in [0.15, 0.2) is 0 Å². The van der Waals surface area contributed by atoms with Gasteiger partial charge < -0.3 is 10.6 Å². The smallest absolute Gasteiger partial charge is 0.0410 e. The molecule has 2 N–H and O–H groups in total. The highest BCUT2D eigenvalue weighted by molar-refractivity contribution is 5.62. The second-order valence-corrected chi connectivity index (χ2v) is 5.58. The molecule has 0 amide bonds. The zero-order valence-electron chi connectivity index (χ0n) is 12.4. The fraction of sp³-hybridized carbons (Fsp3) is 0.333. The average molecular weight is 268 g/mol. The summed E-state index contributed by atoms with van der Waals surface area (Å²) < 4.78 is 0. The normalized spacial score (nSPS) is 13.8. The van der Waals surface area contributed by atoms with Gasteiger partial charge in [0, 0.05) is 23.5 Å². The average Bonchev–Trinajstić information content (AvgIpc) is 2.49. The molecule has 0 bridgehead atoms. The number of benzene rings is 2. The van der Waals surface area contributed by atoms with Gasteiger partial charge >= 0.3 is 0 Å². The highest BCUT2D eigenvalue weighted by atomic mass is 15.1. The molecule has 2 heteroatoms. The zero-order valence-corrected chi connectivity index (χ0v) is 12.4. The van der Waals surface area contributed by atoms with Crippen molar-refractivity contribution in [1.82, 2.24) is 0 Å². The van der Waals surface area contributed by atoms with Gasteiger partial charge in [-0.1, -0.05) is 43.3 Å². The molecule has 0 heterocycles. The van der Waals surface area contributed by atoms with Crippen LogP contribution in [0.4, 0.5) is 11.4 Å². The highest BCUT2D eigenvalue weighted by Gasteiger charge is 2.18. The van der Waals surface area contributed by atoms with Crippen LogP contribution in [0.15, 0.2) is 60.7 Å². The molecule has 1 atom stereocenters. The maximum atomic E-state index is 6.29. The minimum absolute atomic E-state index is 0.109. The summed E-state index contributed by atoms with van der Waals surface area (Å²) in [7, 11) is 0. The van der Waals surface area contributed by atoms with Crippen molar-refractivity contribution in [2.75, 3.05) is 11.4 Å². The molecule has 106 valence electrons. The molecule has 2 nitrogen and oxygen atoms in total. The Balaban J connectivity index is 2.22. The third kappa shape index (κ3) is 3.84. The van der Waals surface area contributed by atoms with E-state index in [1.165, 1.54) is 11.4 Å². The second kappa shape index (κ2) is 6.58. The van der Waals surface area contributed by atoms with Crippen LogP contribution in [0.3, 0.4) is 0 Å².